The monoisotopic (exact) mass is 301 g/mol. The average Bonchev–Trinajstić information content (AvgIpc) is 2.39. The van der Waals surface area contributed by atoms with Gasteiger partial charge in [0.25, 0.3) is 0 Å². The third-order valence-electron chi connectivity index (χ3n) is 2.96. The minimum absolute atomic E-state index is 0.0169. The number of carboxylic acid groups (broad SMARTS) is 1. The number of nitrogens with zero attached hydrogens (tertiary/aromatic N) is 1. The Morgan fingerprint density at radius 1 is 1.19 bits per heavy atom. The molecule has 0 bridgehead atoms. The van der Waals surface area contributed by atoms with Crippen LogP contribution in [0.4, 0.5) is 4.79 Å². The second kappa shape index (κ2) is 10.0. The molecule has 0 aromatic heterocycles. The van der Waals surface area contributed by atoms with Crippen LogP contribution in [0.1, 0.15) is 47.0 Å². The van der Waals surface area contributed by atoms with Crippen molar-refractivity contribution in [3.05, 3.63) is 0 Å². The van der Waals surface area contributed by atoms with Crippen LogP contribution in [-0.2, 0) is 9.59 Å². The van der Waals surface area contributed by atoms with Gasteiger partial charge in [0.1, 0.15) is 6.04 Å². The highest BCUT2D eigenvalue weighted by atomic mass is 16.4. The molecule has 7 heteroatoms. The zero-order chi connectivity index (χ0) is 16.4. The molecule has 0 aliphatic rings. The molecule has 0 aliphatic carbocycles. The number of aliphatic carboxylic acids is 1. The van der Waals surface area contributed by atoms with E-state index in [0.717, 1.165) is 6.42 Å². The van der Waals surface area contributed by atoms with Crippen LogP contribution in [0, 0.1) is 0 Å². The van der Waals surface area contributed by atoms with Crippen molar-refractivity contribution >= 4 is 17.9 Å². The van der Waals surface area contributed by atoms with Crippen LogP contribution >= 0.6 is 0 Å². The molecular weight excluding hydrogens is 274 g/mol. The normalized spacial score (nSPS) is 11.9. The summed E-state index contributed by atoms with van der Waals surface area (Å²) in [6.07, 6.45) is 1.24. The summed E-state index contributed by atoms with van der Waals surface area (Å²) in [5.74, 6) is -1.11. The molecule has 0 aliphatic heterocycles. The van der Waals surface area contributed by atoms with Crippen LogP contribution in [0.5, 0.6) is 0 Å². The molecule has 0 rings (SSSR count). The van der Waals surface area contributed by atoms with E-state index < -0.39 is 12.0 Å². The molecule has 0 aromatic rings. The largest absolute Gasteiger partial charge is 0.481 e. The Balaban J connectivity index is 4.40. The van der Waals surface area contributed by atoms with Crippen molar-refractivity contribution in [2.75, 3.05) is 13.1 Å². The van der Waals surface area contributed by atoms with Gasteiger partial charge in [0.2, 0.25) is 5.91 Å². The van der Waals surface area contributed by atoms with Crippen molar-refractivity contribution < 1.29 is 19.5 Å². The number of hydrogen-bond acceptors (Lipinski definition) is 3. The van der Waals surface area contributed by atoms with Crippen LogP contribution in [0.25, 0.3) is 0 Å². The third kappa shape index (κ3) is 8.16. The van der Waals surface area contributed by atoms with Gasteiger partial charge in [-0.15, -0.1) is 0 Å². The first kappa shape index (κ1) is 19.2. The van der Waals surface area contributed by atoms with Gasteiger partial charge in [0.05, 0.1) is 0 Å². The van der Waals surface area contributed by atoms with Gasteiger partial charge in [-0.05, 0) is 33.6 Å². The van der Waals surface area contributed by atoms with Crippen LogP contribution in [0.3, 0.4) is 0 Å². The van der Waals surface area contributed by atoms with E-state index in [0.29, 0.717) is 19.5 Å². The fraction of sp³-hybridized carbons (Fsp3) is 0.786. The summed E-state index contributed by atoms with van der Waals surface area (Å²) >= 11 is 0. The van der Waals surface area contributed by atoms with Gasteiger partial charge in [0.15, 0.2) is 0 Å². The molecule has 7 nitrogen and oxygen atoms in total. The van der Waals surface area contributed by atoms with Crippen molar-refractivity contribution in [2.24, 2.45) is 0 Å². The molecule has 3 N–H and O–H groups in total. The first-order chi connectivity index (χ1) is 9.79. The Morgan fingerprint density at radius 2 is 1.81 bits per heavy atom. The molecule has 1 unspecified atom stereocenters. The fourth-order valence-electron chi connectivity index (χ4n) is 1.73. The SMILES string of the molecule is CCCNC(=O)C(C)NC(=O)N(CCCC(=O)O)C(C)C. The molecule has 1 atom stereocenters. The number of carboxylic acids is 1. The van der Waals surface area contributed by atoms with E-state index in [2.05, 4.69) is 10.6 Å². The molecule has 0 radical (unpaired) electrons. The number of rotatable bonds is 9. The molecular formula is C14H27N3O4. The first-order valence-electron chi connectivity index (χ1n) is 7.36. The lowest BCUT2D eigenvalue weighted by Gasteiger charge is -2.28. The van der Waals surface area contributed by atoms with Gasteiger partial charge in [-0.3, -0.25) is 9.59 Å². The Morgan fingerprint density at radius 3 is 2.29 bits per heavy atom. The summed E-state index contributed by atoms with van der Waals surface area (Å²) in [6.45, 7) is 8.19. The molecule has 0 spiro atoms. The summed E-state index contributed by atoms with van der Waals surface area (Å²) in [6, 6.07) is -1.04. The first-order valence-corrected chi connectivity index (χ1v) is 7.36. The third-order valence-corrected chi connectivity index (χ3v) is 2.96. The molecule has 3 amide bonds. The number of hydrogen-bond donors (Lipinski definition) is 3. The lowest BCUT2D eigenvalue weighted by atomic mass is 10.2. The quantitative estimate of drug-likeness (QED) is 0.595. The fourth-order valence-corrected chi connectivity index (χ4v) is 1.73. The average molecular weight is 301 g/mol. The second-order valence-electron chi connectivity index (χ2n) is 5.25. The van der Waals surface area contributed by atoms with Gasteiger partial charge in [-0.1, -0.05) is 6.92 Å². The topological polar surface area (TPSA) is 98.7 Å². The number of carbonyl (C=O) groups is 3. The molecule has 0 saturated heterocycles. The van der Waals surface area contributed by atoms with E-state index in [1.54, 1.807) is 6.92 Å². The van der Waals surface area contributed by atoms with E-state index >= 15 is 0 Å². The van der Waals surface area contributed by atoms with Gasteiger partial charge < -0.3 is 20.6 Å². The molecule has 0 saturated carbocycles. The zero-order valence-corrected chi connectivity index (χ0v) is 13.3. The Bertz CT molecular complexity index is 358. The maximum Gasteiger partial charge on any atom is 0.318 e. The molecule has 0 fully saturated rings. The summed E-state index contributed by atoms with van der Waals surface area (Å²) in [7, 11) is 0. The van der Waals surface area contributed by atoms with Gasteiger partial charge >= 0.3 is 12.0 Å². The maximum atomic E-state index is 12.1. The second-order valence-corrected chi connectivity index (χ2v) is 5.25. The molecule has 122 valence electrons. The Labute approximate surface area is 126 Å². The Kier molecular flexibility index (Phi) is 9.16. The zero-order valence-electron chi connectivity index (χ0n) is 13.3. The summed E-state index contributed by atoms with van der Waals surface area (Å²) in [5.41, 5.74) is 0. The van der Waals surface area contributed by atoms with Crippen molar-refractivity contribution in [1.82, 2.24) is 15.5 Å². The van der Waals surface area contributed by atoms with Crippen LogP contribution in [0.2, 0.25) is 0 Å². The van der Waals surface area contributed by atoms with Crippen LogP contribution in [0.15, 0.2) is 0 Å². The predicted octanol–water partition coefficient (Wildman–Crippen LogP) is 1.19. The highest BCUT2D eigenvalue weighted by molar-refractivity contribution is 5.86. The number of amides is 3. The highest BCUT2D eigenvalue weighted by Crippen LogP contribution is 2.03. The van der Waals surface area contributed by atoms with E-state index in [1.807, 2.05) is 20.8 Å². The van der Waals surface area contributed by atoms with E-state index in [-0.39, 0.29) is 24.4 Å². The van der Waals surface area contributed by atoms with Crippen molar-refractivity contribution in [1.29, 1.82) is 0 Å². The summed E-state index contributed by atoms with van der Waals surface area (Å²) < 4.78 is 0. The molecule has 0 heterocycles. The predicted molar refractivity (Wildman–Crippen MR) is 80.0 cm³/mol. The Hall–Kier alpha value is -1.79. The van der Waals surface area contributed by atoms with E-state index in [9.17, 15) is 14.4 Å². The van der Waals surface area contributed by atoms with Crippen molar-refractivity contribution in [2.45, 2.75) is 59.0 Å². The lowest BCUT2D eigenvalue weighted by molar-refractivity contribution is -0.137. The number of carbonyl (C=O) groups excluding carboxylic acids is 2. The lowest BCUT2D eigenvalue weighted by Crippen LogP contribution is -2.51. The van der Waals surface area contributed by atoms with Crippen molar-refractivity contribution in [3.63, 3.8) is 0 Å². The van der Waals surface area contributed by atoms with Gasteiger partial charge in [-0.25, -0.2) is 4.79 Å². The minimum atomic E-state index is -0.883. The summed E-state index contributed by atoms with van der Waals surface area (Å²) in [5, 5.41) is 14.0. The van der Waals surface area contributed by atoms with Crippen LogP contribution in [-0.4, -0.2) is 53.1 Å². The van der Waals surface area contributed by atoms with E-state index in [1.165, 1.54) is 4.90 Å². The van der Waals surface area contributed by atoms with Crippen LogP contribution < -0.4 is 10.6 Å². The maximum absolute atomic E-state index is 12.1. The highest BCUT2D eigenvalue weighted by Gasteiger charge is 2.21. The standard InChI is InChI=1S/C14H27N3O4/c1-5-8-15-13(20)11(4)16-14(21)17(10(2)3)9-6-7-12(18)19/h10-11H,5-9H2,1-4H3,(H,15,20)(H,16,21)(H,18,19). The number of urea groups is 1. The molecule has 21 heavy (non-hydrogen) atoms. The van der Waals surface area contributed by atoms with E-state index in [4.69, 9.17) is 5.11 Å². The molecule has 0 aromatic carbocycles. The van der Waals surface area contributed by atoms with Crippen molar-refractivity contribution in [3.8, 4) is 0 Å². The smallest absolute Gasteiger partial charge is 0.318 e. The summed E-state index contributed by atoms with van der Waals surface area (Å²) in [4.78, 5) is 35.9. The van der Waals surface area contributed by atoms with Gasteiger partial charge in [-0.2, -0.15) is 0 Å². The van der Waals surface area contributed by atoms with Gasteiger partial charge in [0, 0.05) is 25.6 Å². The minimum Gasteiger partial charge on any atom is -0.481 e. The number of nitrogens with one attached hydrogen (secondary N) is 2.